The van der Waals surface area contributed by atoms with Crippen LogP contribution in [0.15, 0.2) is 12.1 Å². The summed E-state index contributed by atoms with van der Waals surface area (Å²) in [6.45, 7) is 6.53. The number of carboxylic acid groups (broad SMARTS) is 1. The number of carbonyl (C=O) groups excluding carboxylic acids is 2. The van der Waals surface area contributed by atoms with Gasteiger partial charge in [-0.2, -0.15) is 0 Å². The molecule has 11 nitrogen and oxygen atoms in total. The normalized spacial score (nSPS) is 21.9. The third-order valence-electron chi connectivity index (χ3n) is 8.97. The van der Waals surface area contributed by atoms with Crippen LogP contribution in [0.25, 0.3) is 0 Å². The molecule has 0 bridgehead atoms. The average Bonchev–Trinajstić information content (AvgIpc) is 3.68. The Morgan fingerprint density at radius 2 is 1.91 bits per heavy atom. The van der Waals surface area contributed by atoms with Crippen molar-refractivity contribution in [3.8, 4) is 17.2 Å². The van der Waals surface area contributed by atoms with Crippen molar-refractivity contribution in [2.75, 3.05) is 80.9 Å². The molecule has 1 N–H and O–H groups in total. The summed E-state index contributed by atoms with van der Waals surface area (Å²) in [5, 5.41) is 10.6. The van der Waals surface area contributed by atoms with Gasteiger partial charge in [-0.05, 0) is 43.4 Å². The van der Waals surface area contributed by atoms with Gasteiger partial charge in [0.1, 0.15) is 0 Å². The number of fused-ring (bicyclic) bond motifs is 1. The minimum Gasteiger partial charge on any atom is -0.493 e. The number of benzene rings is 1. The number of ether oxygens (including phenoxy) is 3. The second-order valence-corrected chi connectivity index (χ2v) is 13.2. The SMILES string of the molecule is CCCCN(CCC[N+](C)(C)C)C(=O)CN1CC(c2cc(OC)c3c(c2)OCO3)C(C(=O)O)C1CCCN1CCCC1=O. The fraction of sp³-hybridized carbons (Fsp3) is 0.719. The molecule has 0 aliphatic carbocycles. The molecule has 240 valence electrons. The largest absolute Gasteiger partial charge is 0.493 e. The molecule has 4 rings (SSSR count). The molecular formula is C32H51N4O7+. The van der Waals surface area contributed by atoms with Gasteiger partial charge in [0, 0.05) is 57.5 Å². The Balaban J connectivity index is 1.57. The summed E-state index contributed by atoms with van der Waals surface area (Å²) in [5.41, 5.74) is 0.800. The minimum atomic E-state index is -0.885. The minimum absolute atomic E-state index is 0.0441. The van der Waals surface area contributed by atoms with E-state index in [4.69, 9.17) is 14.2 Å². The van der Waals surface area contributed by atoms with Crippen molar-refractivity contribution in [3.05, 3.63) is 17.7 Å². The van der Waals surface area contributed by atoms with Crippen LogP contribution in [0.2, 0.25) is 0 Å². The van der Waals surface area contributed by atoms with Gasteiger partial charge in [-0.25, -0.2) is 0 Å². The number of nitrogens with zero attached hydrogens (tertiary/aromatic N) is 4. The van der Waals surface area contributed by atoms with Gasteiger partial charge in [0.15, 0.2) is 11.5 Å². The second kappa shape index (κ2) is 14.6. The van der Waals surface area contributed by atoms with Gasteiger partial charge in [-0.3, -0.25) is 19.3 Å². The molecule has 43 heavy (non-hydrogen) atoms. The van der Waals surface area contributed by atoms with Crippen LogP contribution in [-0.2, 0) is 14.4 Å². The number of carbonyl (C=O) groups is 3. The van der Waals surface area contributed by atoms with E-state index >= 15 is 0 Å². The van der Waals surface area contributed by atoms with Crippen molar-refractivity contribution >= 4 is 17.8 Å². The van der Waals surface area contributed by atoms with Crippen LogP contribution in [0.3, 0.4) is 0 Å². The van der Waals surface area contributed by atoms with Crippen LogP contribution in [-0.4, -0.2) is 129 Å². The molecule has 0 saturated carbocycles. The number of likely N-dealkylation sites (tertiary alicyclic amines) is 2. The maximum atomic E-state index is 13.8. The fourth-order valence-corrected chi connectivity index (χ4v) is 6.71. The Labute approximate surface area is 256 Å². The lowest BCUT2D eigenvalue weighted by Crippen LogP contribution is -2.45. The standard InChI is InChI=1S/C32H50N4O7/c1-6-7-13-34(16-10-17-36(2,3)4)29(38)21-35-20-24(23-18-26(41-5)31-27(19-23)42-22-43-31)30(32(39)40)25(35)11-8-14-33-15-9-12-28(33)37/h18-19,24-25,30H,6-17,20-22H2,1-5H3/p+1. The molecule has 3 atom stereocenters. The van der Waals surface area contributed by atoms with Crippen molar-refractivity contribution in [2.45, 2.75) is 63.8 Å². The van der Waals surface area contributed by atoms with Crippen molar-refractivity contribution in [1.29, 1.82) is 0 Å². The lowest BCUT2D eigenvalue weighted by molar-refractivity contribution is -0.870. The maximum absolute atomic E-state index is 13.8. The molecule has 3 aliphatic heterocycles. The van der Waals surface area contributed by atoms with E-state index in [2.05, 4.69) is 33.0 Å². The number of carboxylic acids is 1. The van der Waals surface area contributed by atoms with E-state index in [1.54, 1.807) is 7.11 Å². The van der Waals surface area contributed by atoms with E-state index < -0.39 is 11.9 Å². The van der Waals surface area contributed by atoms with E-state index in [1.807, 2.05) is 21.9 Å². The van der Waals surface area contributed by atoms with Crippen molar-refractivity contribution < 1.29 is 38.2 Å². The van der Waals surface area contributed by atoms with Crippen LogP contribution in [0.4, 0.5) is 0 Å². The molecule has 1 aromatic carbocycles. The van der Waals surface area contributed by atoms with Gasteiger partial charge in [0.25, 0.3) is 0 Å². The molecule has 1 aromatic rings. The van der Waals surface area contributed by atoms with Crippen LogP contribution in [0.1, 0.15) is 63.4 Å². The molecule has 3 unspecified atom stereocenters. The summed E-state index contributed by atoms with van der Waals surface area (Å²) < 4.78 is 17.6. The lowest BCUT2D eigenvalue weighted by Gasteiger charge is -2.31. The Morgan fingerprint density at radius 3 is 2.56 bits per heavy atom. The topological polar surface area (TPSA) is 109 Å². The smallest absolute Gasteiger partial charge is 0.308 e. The van der Waals surface area contributed by atoms with Gasteiger partial charge < -0.3 is 33.6 Å². The highest BCUT2D eigenvalue weighted by Crippen LogP contribution is 2.47. The van der Waals surface area contributed by atoms with Gasteiger partial charge in [0.05, 0.1) is 47.3 Å². The molecule has 3 aliphatic rings. The van der Waals surface area contributed by atoms with Crippen molar-refractivity contribution in [1.82, 2.24) is 14.7 Å². The molecule has 2 fully saturated rings. The number of hydrogen-bond acceptors (Lipinski definition) is 7. The molecule has 2 saturated heterocycles. The highest BCUT2D eigenvalue weighted by Gasteiger charge is 2.47. The molecule has 3 heterocycles. The van der Waals surface area contributed by atoms with E-state index in [-0.39, 0.29) is 37.1 Å². The predicted molar refractivity (Wildman–Crippen MR) is 162 cm³/mol. The number of unbranched alkanes of at least 4 members (excludes halogenated alkanes) is 1. The lowest BCUT2D eigenvalue weighted by atomic mass is 9.83. The van der Waals surface area contributed by atoms with E-state index in [0.717, 1.165) is 48.8 Å². The third kappa shape index (κ3) is 8.32. The predicted octanol–water partition coefficient (Wildman–Crippen LogP) is 3.02. The monoisotopic (exact) mass is 603 g/mol. The third-order valence-corrected chi connectivity index (χ3v) is 8.97. The summed E-state index contributed by atoms with van der Waals surface area (Å²) in [6, 6.07) is 3.35. The van der Waals surface area contributed by atoms with Gasteiger partial charge in [-0.1, -0.05) is 13.3 Å². The fourth-order valence-electron chi connectivity index (χ4n) is 6.71. The highest BCUT2D eigenvalue weighted by molar-refractivity contribution is 5.79. The number of hydrogen-bond donors (Lipinski definition) is 1. The first-order valence-electron chi connectivity index (χ1n) is 15.8. The number of methoxy groups -OCH3 is 1. The zero-order chi connectivity index (χ0) is 31.1. The number of aliphatic carboxylic acids is 1. The van der Waals surface area contributed by atoms with E-state index in [1.165, 1.54) is 0 Å². The highest BCUT2D eigenvalue weighted by atomic mass is 16.7. The zero-order valence-electron chi connectivity index (χ0n) is 26.7. The Bertz CT molecular complexity index is 1140. The first kappa shape index (κ1) is 32.9. The van der Waals surface area contributed by atoms with E-state index in [0.29, 0.717) is 62.7 Å². The zero-order valence-corrected chi connectivity index (χ0v) is 26.7. The Kier molecular flexibility index (Phi) is 11.2. The molecular weight excluding hydrogens is 552 g/mol. The van der Waals surface area contributed by atoms with Gasteiger partial charge >= 0.3 is 5.97 Å². The number of rotatable bonds is 16. The van der Waals surface area contributed by atoms with Gasteiger partial charge in [-0.15, -0.1) is 0 Å². The second-order valence-electron chi connectivity index (χ2n) is 13.2. The molecule has 0 radical (unpaired) electrons. The summed E-state index contributed by atoms with van der Waals surface area (Å²) in [6.07, 6.45) is 5.56. The summed E-state index contributed by atoms with van der Waals surface area (Å²) in [5.74, 6) is -0.193. The van der Waals surface area contributed by atoms with Crippen LogP contribution >= 0.6 is 0 Å². The molecule has 11 heteroatoms. The number of amides is 2. The Hall–Kier alpha value is -3.05. The molecule has 2 amide bonds. The summed E-state index contributed by atoms with van der Waals surface area (Å²) in [4.78, 5) is 44.9. The van der Waals surface area contributed by atoms with Crippen molar-refractivity contribution in [3.63, 3.8) is 0 Å². The maximum Gasteiger partial charge on any atom is 0.308 e. The quantitative estimate of drug-likeness (QED) is 0.288. The Morgan fingerprint density at radius 1 is 1.14 bits per heavy atom. The van der Waals surface area contributed by atoms with Gasteiger partial charge in [0.2, 0.25) is 24.4 Å². The first-order valence-corrected chi connectivity index (χ1v) is 15.8. The average molecular weight is 604 g/mol. The van der Waals surface area contributed by atoms with E-state index in [9.17, 15) is 19.5 Å². The van der Waals surface area contributed by atoms with Crippen LogP contribution in [0.5, 0.6) is 17.2 Å². The number of quaternary nitrogens is 1. The summed E-state index contributed by atoms with van der Waals surface area (Å²) >= 11 is 0. The first-order chi connectivity index (χ1) is 20.5. The molecule has 0 spiro atoms. The van der Waals surface area contributed by atoms with Crippen LogP contribution in [0, 0.1) is 5.92 Å². The molecule has 0 aromatic heterocycles. The summed E-state index contributed by atoms with van der Waals surface area (Å²) in [7, 11) is 8.02. The van der Waals surface area contributed by atoms with Crippen LogP contribution < -0.4 is 14.2 Å². The van der Waals surface area contributed by atoms with Crippen molar-refractivity contribution in [2.24, 2.45) is 5.92 Å².